The molecule has 0 spiro atoms. The molecule has 4 nitrogen and oxygen atoms in total. The molecule has 1 atom stereocenters. The van der Waals surface area contributed by atoms with Gasteiger partial charge in [0.15, 0.2) is 0 Å². The van der Waals surface area contributed by atoms with E-state index in [0.717, 1.165) is 42.3 Å². The maximum absolute atomic E-state index is 12.1. The maximum atomic E-state index is 12.1. The molecule has 1 aromatic carbocycles. The summed E-state index contributed by atoms with van der Waals surface area (Å²) >= 11 is 1.60. The first-order valence-corrected chi connectivity index (χ1v) is 9.63. The highest BCUT2D eigenvalue weighted by molar-refractivity contribution is 7.13. The summed E-state index contributed by atoms with van der Waals surface area (Å²) in [5.74, 6) is 0.629. The summed E-state index contributed by atoms with van der Waals surface area (Å²) in [6.45, 7) is 5.03. The van der Waals surface area contributed by atoms with Crippen LogP contribution in [0.5, 0.6) is 0 Å². The number of hydrogen-bond donors (Lipinski definition) is 2. The van der Waals surface area contributed by atoms with E-state index in [2.05, 4.69) is 46.8 Å². The molecule has 6 heteroatoms. The number of rotatable bonds is 6. The third-order valence-electron chi connectivity index (χ3n) is 4.49. The molecule has 2 N–H and O–H groups in total. The first-order chi connectivity index (χ1) is 11.7. The van der Waals surface area contributed by atoms with Crippen molar-refractivity contribution in [3.05, 3.63) is 40.9 Å². The van der Waals surface area contributed by atoms with E-state index in [1.165, 1.54) is 18.4 Å². The molecule has 1 amide bonds. The molecule has 1 aliphatic rings. The van der Waals surface area contributed by atoms with Gasteiger partial charge in [0.1, 0.15) is 5.01 Å². The van der Waals surface area contributed by atoms with Crippen molar-refractivity contribution in [1.82, 2.24) is 15.6 Å². The van der Waals surface area contributed by atoms with Crippen LogP contribution in [0.3, 0.4) is 0 Å². The highest BCUT2D eigenvalue weighted by Gasteiger charge is 2.14. The number of piperidine rings is 1. The Labute approximate surface area is 159 Å². The van der Waals surface area contributed by atoms with Crippen LogP contribution in [-0.2, 0) is 17.6 Å². The Bertz CT molecular complexity index is 666. The Morgan fingerprint density at radius 3 is 2.84 bits per heavy atom. The van der Waals surface area contributed by atoms with Crippen LogP contribution in [0.2, 0.25) is 0 Å². The number of nitrogens with one attached hydrogen (secondary N) is 2. The Kier molecular flexibility index (Phi) is 7.88. The van der Waals surface area contributed by atoms with Gasteiger partial charge in [-0.05, 0) is 43.8 Å². The molecule has 3 rings (SSSR count). The molecule has 25 heavy (non-hydrogen) atoms. The average molecular weight is 380 g/mol. The average Bonchev–Trinajstić information content (AvgIpc) is 3.09. The van der Waals surface area contributed by atoms with Crippen LogP contribution in [0.4, 0.5) is 0 Å². The molecular formula is C19H26ClN3OS. The van der Waals surface area contributed by atoms with E-state index in [1.807, 2.05) is 5.38 Å². The molecule has 1 aromatic heterocycles. The van der Waals surface area contributed by atoms with Crippen LogP contribution < -0.4 is 10.6 Å². The summed E-state index contributed by atoms with van der Waals surface area (Å²) < 4.78 is 0. The normalized spacial score (nSPS) is 16.9. The van der Waals surface area contributed by atoms with Gasteiger partial charge < -0.3 is 10.6 Å². The summed E-state index contributed by atoms with van der Waals surface area (Å²) in [4.78, 5) is 16.7. The zero-order valence-corrected chi connectivity index (χ0v) is 16.2. The molecular weight excluding hydrogens is 354 g/mol. The van der Waals surface area contributed by atoms with Crippen molar-refractivity contribution < 1.29 is 4.79 Å². The second-order valence-electron chi connectivity index (χ2n) is 6.39. The van der Waals surface area contributed by atoms with Crippen LogP contribution in [0.15, 0.2) is 29.6 Å². The lowest BCUT2D eigenvalue weighted by Crippen LogP contribution is -2.38. The van der Waals surface area contributed by atoms with Crippen molar-refractivity contribution in [2.75, 3.05) is 19.6 Å². The molecule has 0 bridgehead atoms. The number of hydrogen-bond acceptors (Lipinski definition) is 4. The fourth-order valence-electron chi connectivity index (χ4n) is 2.99. The zero-order valence-electron chi connectivity index (χ0n) is 14.6. The lowest BCUT2D eigenvalue weighted by molar-refractivity contribution is -0.120. The SMILES string of the molecule is CCc1ccc(-c2nc(CC(=O)NCC3CCCNC3)cs2)cc1.Cl. The predicted molar refractivity (Wildman–Crippen MR) is 106 cm³/mol. The van der Waals surface area contributed by atoms with E-state index in [0.29, 0.717) is 12.3 Å². The molecule has 1 fully saturated rings. The van der Waals surface area contributed by atoms with Gasteiger partial charge in [-0.15, -0.1) is 23.7 Å². The van der Waals surface area contributed by atoms with Crippen LogP contribution in [0.1, 0.15) is 31.0 Å². The van der Waals surface area contributed by atoms with Crippen molar-refractivity contribution in [3.63, 3.8) is 0 Å². The second kappa shape index (κ2) is 9.90. The van der Waals surface area contributed by atoms with Gasteiger partial charge in [-0.3, -0.25) is 4.79 Å². The standard InChI is InChI=1S/C19H25N3OS.ClH/c1-2-14-5-7-16(8-6-14)19-22-17(13-24-19)10-18(23)21-12-15-4-3-9-20-11-15;/h5-8,13,15,20H,2-4,9-12H2,1H3,(H,21,23);1H. The highest BCUT2D eigenvalue weighted by atomic mass is 35.5. The third kappa shape index (κ3) is 5.80. The van der Waals surface area contributed by atoms with E-state index in [4.69, 9.17) is 0 Å². The van der Waals surface area contributed by atoms with Crippen LogP contribution in [0, 0.1) is 5.92 Å². The number of aryl methyl sites for hydroxylation is 1. The van der Waals surface area contributed by atoms with Gasteiger partial charge in [0.05, 0.1) is 12.1 Å². The number of aromatic nitrogens is 1. The van der Waals surface area contributed by atoms with Crippen molar-refractivity contribution in [2.24, 2.45) is 5.92 Å². The van der Waals surface area contributed by atoms with Gasteiger partial charge in [-0.2, -0.15) is 0 Å². The Balaban J connectivity index is 0.00000225. The monoisotopic (exact) mass is 379 g/mol. The number of benzene rings is 1. The van der Waals surface area contributed by atoms with Crippen molar-refractivity contribution in [3.8, 4) is 10.6 Å². The predicted octanol–water partition coefficient (Wildman–Crippen LogP) is 3.45. The molecule has 0 aliphatic carbocycles. The first-order valence-electron chi connectivity index (χ1n) is 8.75. The number of halogens is 1. The van der Waals surface area contributed by atoms with E-state index in [9.17, 15) is 4.79 Å². The smallest absolute Gasteiger partial charge is 0.226 e. The number of carbonyl (C=O) groups excluding carboxylic acids is 1. The molecule has 2 heterocycles. The zero-order chi connectivity index (χ0) is 16.8. The highest BCUT2D eigenvalue weighted by Crippen LogP contribution is 2.24. The molecule has 1 saturated heterocycles. The van der Waals surface area contributed by atoms with Crippen LogP contribution >= 0.6 is 23.7 Å². The molecule has 1 unspecified atom stereocenters. The van der Waals surface area contributed by atoms with E-state index < -0.39 is 0 Å². The maximum Gasteiger partial charge on any atom is 0.226 e. The minimum atomic E-state index is 0. The minimum absolute atomic E-state index is 0. The topological polar surface area (TPSA) is 54.0 Å². The Hall–Kier alpha value is -1.43. The van der Waals surface area contributed by atoms with Gasteiger partial charge in [-0.1, -0.05) is 31.2 Å². The van der Waals surface area contributed by atoms with Crippen molar-refractivity contribution >= 4 is 29.7 Å². The third-order valence-corrected chi connectivity index (χ3v) is 5.43. The minimum Gasteiger partial charge on any atom is -0.355 e. The van der Waals surface area contributed by atoms with Gasteiger partial charge >= 0.3 is 0 Å². The summed E-state index contributed by atoms with van der Waals surface area (Å²) in [5.41, 5.74) is 3.30. The Morgan fingerprint density at radius 2 is 2.16 bits per heavy atom. The molecule has 1 aliphatic heterocycles. The largest absolute Gasteiger partial charge is 0.355 e. The van der Waals surface area contributed by atoms with E-state index >= 15 is 0 Å². The van der Waals surface area contributed by atoms with Crippen molar-refractivity contribution in [1.29, 1.82) is 0 Å². The van der Waals surface area contributed by atoms with E-state index in [-0.39, 0.29) is 18.3 Å². The van der Waals surface area contributed by atoms with Gasteiger partial charge in [-0.25, -0.2) is 4.98 Å². The number of amides is 1. The quantitative estimate of drug-likeness (QED) is 0.808. The summed E-state index contributed by atoms with van der Waals surface area (Å²) in [6, 6.07) is 8.50. The molecule has 0 saturated carbocycles. The van der Waals surface area contributed by atoms with E-state index in [1.54, 1.807) is 11.3 Å². The fourth-order valence-corrected chi connectivity index (χ4v) is 3.81. The number of thiazole rings is 1. The molecule has 2 aromatic rings. The van der Waals surface area contributed by atoms with Crippen LogP contribution in [0.25, 0.3) is 10.6 Å². The lowest BCUT2D eigenvalue weighted by Gasteiger charge is -2.22. The summed E-state index contributed by atoms with van der Waals surface area (Å²) in [6.07, 6.45) is 3.80. The van der Waals surface area contributed by atoms with Gasteiger partial charge in [0, 0.05) is 17.5 Å². The number of carbonyl (C=O) groups is 1. The first kappa shape index (κ1) is 19.9. The molecule has 0 radical (unpaired) electrons. The van der Waals surface area contributed by atoms with Crippen molar-refractivity contribution in [2.45, 2.75) is 32.6 Å². The van der Waals surface area contributed by atoms with Crippen LogP contribution in [-0.4, -0.2) is 30.5 Å². The van der Waals surface area contributed by atoms with Gasteiger partial charge in [0.2, 0.25) is 5.91 Å². The molecule has 136 valence electrons. The fraction of sp³-hybridized carbons (Fsp3) is 0.474. The van der Waals surface area contributed by atoms with Gasteiger partial charge in [0.25, 0.3) is 0 Å². The summed E-state index contributed by atoms with van der Waals surface area (Å²) in [7, 11) is 0. The Morgan fingerprint density at radius 1 is 1.36 bits per heavy atom. The lowest BCUT2D eigenvalue weighted by atomic mass is 10.00. The summed E-state index contributed by atoms with van der Waals surface area (Å²) in [5, 5.41) is 9.40. The number of nitrogens with zero attached hydrogens (tertiary/aromatic N) is 1. The second-order valence-corrected chi connectivity index (χ2v) is 7.25.